The fourth-order valence-electron chi connectivity index (χ4n) is 7.75. The number of ether oxygens (including phenoxy) is 1. The van der Waals surface area contributed by atoms with Crippen LogP contribution in [0, 0.1) is 28.6 Å². The molecule has 0 aromatic rings. The molecule has 0 spiro atoms. The van der Waals surface area contributed by atoms with Gasteiger partial charge in [0.25, 0.3) is 0 Å². The molecule has 0 heterocycles. The minimum absolute atomic E-state index is 0.0316. The Hall–Kier alpha value is -1.97. The average Bonchev–Trinajstić information content (AvgIpc) is 3.01. The van der Waals surface area contributed by atoms with Crippen molar-refractivity contribution in [3.8, 4) is 0 Å². The van der Waals surface area contributed by atoms with Crippen LogP contribution >= 0.6 is 0 Å². The van der Waals surface area contributed by atoms with Gasteiger partial charge in [-0.15, -0.1) is 0 Å². The van der Waals surface area contributed by atoms with Gasteiger partial charge in [-0.1, -0.05) is 51.8 Å². The SMILES string of the molecule is CCCC=C1C[C@H]2[C@@H]3CCC4=CC(=O)C=C[C@]4(C)[C@H]3CC[C@]2(C)[C@@]1(OC(=O)CC)C(C)=O. The average molecular weight is 439 g/mol. The molecule has 174 valence electrons. The molecule has 0 aromatic heterocycles. The van der Waals surface area contributed by atoms with E-state index in [1.165, 1.54) is 5.57 Å². The second-order valence-corrected chi connectivity index (χ2v) is 10.8. The molecular weight excluding hydrogens is 400 g/mol. The van der Waals surface area contributed by atoms with E-state index in [9.17, 15) is 14.4 Å². The van der Waals surface area contributed by atoms with Crippen LogP contribution in [-0.2, 0) is 19.1 Å². The summed E-state index contributed by atoms with van der Waals surface area (Å²) >= 11 is 0. The molecule has 6 atom stereocenters. The van der Waals surface area contributed by atoms with Crippen molar-refractivity contribution in [2.24, 2.45) is 28.6 Å². The monoisotopic (exact) mass is 438 g/mol. The van der Waals surface area contributed by atoms with Crippen molar-refractivity contribution in [3.05, 3.63) is 35.5 Å². The van der Waals surface area contributed by atoms with Crippen LogP contribution in [0.25, 0.3) is 0 Å². The van der Waals surface area contributed by atoms with Crippen LogP contribution in [0.2, 0.25) is 0 Å². The number of esters is 1. The molecule has 0 unspecified atom stereocenters. The number of carbonyl (C=O) groups excluding carboxylic acids is 3. The van der Waals surface area contributed by atoms with Gasteiger partial charge >= 0.3 is 5.97 Å². The number of ketones is 2. The first-order valence-corrected chi connectivity index (χ1v) is 12.5. The fraction of sp³-hybridized carbons (Fsp3) is 0.679. The minimum atomic E-state index is -1.14. The van der Waals surface area contributed by atoms with E-state index >= 15 is 0 Å². The normalized spacial score (nSPS) is 41.5. The van der Waals surface area contributed by atoms with Crippen molar-refractivity contribution in [1.82, 2.24) is 0 Å². The van der Waals surface area contributed by atoms with Gasteiger partial charge in [0.1, 0.15) is 0 Å². The lowest BCUT2D eigenvalue weighted by atomic mass is 9.47. The number of hydrogen-bond donors (Lipinski definition) is 0. The molecule has 4 nitrogen and oxygen atoms in total. The lowest BCUT2D eigenvalue weighted by Gasteiger charge is -2.58. The molecule has 3 fully saturated rings. The maximum atomic E-state index is 13.4. The Kier molecular flexibility index (Phi) is 5.88. The van der Waals surface area contributed by atoms with E-state index in [1.54, 1.807) is 19.9 Å². The van der Waals surface area contributed by atoms with E-state index in [0.717, 1.165) is 50.5 Å². The van der Waals surface area contributed by atoms with Crippen molar-refractivity contribution in [1.29, 1.82) is 0 Å². The first-order valence-electron chi connectivity index (χ1n) is 12.5. The number of Topliss-reactive ketones (excluding diaryl/α,β-unsaturated/α-hetero) is 1. The standard InChI is InChI=1S/C28H38O4/c1-6-8-9-20-17-24-22-11-10-19-16-21(30)12-14-26(19,4)23(22)13-15-27(24,5)28(20,18(3)29)32-25(31)7-2/h9,12,14,16,22-24H,6-8,10-11,13,15,17H2,1-5H3/t22-,23+,24+,26+,27+,28-/m1/s1. The Morgan fingerprint density at radius 3 is 2.59 bits per heavy atom. The van der Waals surface area contributed by atoms with Gasteiger partial charge in [-0.2, -0.15) is 0 Å². The molecule has 0 radical (unpaired) electrons. The Labute approximate surface area is 192 Å². The highest BCUT2D eigenvalue weighted by Gasteiger charge is 2.69. The summed E-state index contributed by atoms with van der Waals surface area (Å²) in [5, 5.41) is 0. The van der Waals surface area contributed by atoms with Gasteiger partial charge in [-0.05, 0) is 80.9 Å². The lowest BCUT2D eigenvalue weighted by Crippen LogP contribution is -2.59. The van der Waals surface area contributed by atoms with E-state index in [4.69, 9.17) is 4.74 Å². The molecule has 0 amide bonds. The third-order valence-corrected chi connectivity index (χ3v) is 9.37. The van der Waals surface area contributed by atoms with Gasteiger partial charge in [-0.3, -0.25) is 14.4 Å². The number of hydrogen-bond acceptors (Lipinski definition) is 4. The van der Waals surface area contributed by atoms with Crippen molar-refractivity contribution >= 4 is 17.5 Å². The zero-order chi connectivity index (χ0) is 23.3. The molecular formula is C28H38O4. The topological polar surface area (TPSA) is 60.4 Å². The smallest absolute Gasteiger partial charge is 0.306 e. The molecule has 4 heteroatoms. The zero-order valence-corrected chi connectivity index (χ0v) is 20.3. The highest BCUT2D eigenvalue weighted by atomic mass is 16.6. The fourth-order valence-corrected chi connectivity index (χ4v) is 7.75. The summed E-state index contributed by atoms with van der Waals surface area (Å²) in [4.78, 5) is 38.0. The summed E-state index contributed by atoms with van der Waals surface area (Å²) < 4.78 is 6.19. The number of allylic oxidation sites excluding steroid dienone is 5. The molecule has 0 N–H and O–H groups in total. The van der Waals surface area contributed by atoms with Crippen LogP contribution in [0.1, 0.15) is 86.0 Å². The van der Waals surface area contributed by atoms with E-state index in [-0.39, 0.29) is 29.4 Å². The summed E-state index contributed by atoms with van der Waals surface area (Å²) in [6, 6.07) is 0. The van der Waals surface area contributed by atoms with Gasteiger partial charge in [0.2, 0.25) is 0 Å². The first-order chi connectivity index (χ1) is 15.1. The number of carbonyl (C=O) groups is 3. The van der Waals surface area contributed by atoms with Crippen LogP contribution in [0.5, 0.6) is 0 Å². The number of fused-ring (bicyclic) bond motifs is 5. The highest BCUT2D eigenvalue weighted by Crippen LogP contribution is 2.69. The second-order valence-electron chi connectivity index (χ2n) is 10.8. The summed E-state index contributed by atoms with van der Waals surface area (Å²) in [5.74, 6) is 0.964. The van der Waals surface area contributed by atoms with Crippen LogP contribution in [0.3, 0.4) is 0 Å². The van der Waals surface area contributed by atoms with E-state index in [1.807, 2.05) is 6.08 Å². The predicted octanol–water partition coefficient (Wildman–Crippen LogP) is 5.91. The largest absolute Gasteiger partial charge is 0.446 e. The maximum absolute atomic E-state index is 13.4. The van der Waals surface area contributed by atoms with Crippen molar-refractivity contribution in [2.75, 3.05) is 0 Å². The maximum Gasteiger partial charge on any atom is 0.306 e. The first kappa shape index (κ1) is 23.2. The molecule has 4 rings (SSSR count). The van der Waals surface area contributed by atoms with Gasteiger partial charge in [-0.25, -0.2) is 0 Å². The molecule has 4 aliphatic rings. The Morgan fingerprint density at radius 1 is 1.19 bits per heavy atom. The Bertz CT molecular complexity index is 924. The summed E-state index contributed by atoms with van der Waals surface area (Å²) in [5.41, 5.74) is 0.677. The van der Waals surface area contributed by atoms with Crippen molar-refractivity contribution in [2.45, 2.75) is 91.6 Å². The van der Waals surface area contributed by atoms with Gasteiger partial charge < -0.3 is 4.74 Å². The molecule has 4 aliphatic carbocycles. The second kappa shape index (κ2) is 8.11. The van der Waals surface area contributed by atoms with Gasteiger partial charge in [0, 0.05) is 17.3 Å². The van der Waals surface area contributed by atoms with Crippen LogP contribution in [-0.4, -0.2) is 23.1 Å². The quantitative estimate of drug-likeness (QED) is 0.395. The highest BCUT2D eigenvalue weighted by molar-refractivity contribution is 6.01. The molecule has 0 saturated heterocycles. The van der Waals surface area contributed by atoms with Crippen LogP contribution in [0.15, 0.2) is 35.5 Å². The van der Waals surface area contributed by atoms with Gasteiger partial charge in [0.05, 0.1) is 0 Å². The zero-order valence-electron chi connectivity index (χ0n) is 20.3. The lowest BCUT2D eigenvalue weighted by molar-refractivity contribution is -0.182. The summed E-state index contributed by atoms with van der Waals surface area (Å²) in [7, 11) is 0. The minimum Gasteiger partial charge on any atom is -0.446 e. The molecule has 0 aliphatic heterocycles. The molecule has 3 saturated carbocycles. The van der Waals surface area contributed by atoms with E-state index in [0.29, 0.717) is 17.8 Å². The Morgan fingerprint density at radius 2 is 1.94 bits per heavy atom. The van der Waals surface area contributed by atoms with E-state index < -0.39 is 11.0 Å². The Balaban J connectivity index is 1.79. The predicted molar refractivity (Wildman–Crippen MR) is 125 cm³/mol. The van der Waals surface area contributed by atoms with Gasteiger partial charge in [0.15, 0.2) is 17.2 Å². The van der Waals surface area contributed by atoms with Crippen molar-refractivity contribution < 1.29 is 19.1 Å². The third-order valence-electron chi connectivity index (χ3n) is 9.37. The summed E-state index contributed by atoms with van der Waals surface area (Å²) in [6.07, 6.45) is 14.7. The summed E-state index contributed by atoms with van der Waals surface area (Å²) in [6.45, 7) is 10.0. The molecule has 32 heavy (non-hydrogen) atoms. The van der Waals surface area contributed by atoms with Crippen LogP contribution in [0.4, 0.5) is 0 Å². The van der Waals surface area contributed by atoms with Crippen LogP contribution < -0.4 is 0 Å². The molecule has 0 bridgehead atoms. The number of rotatable bonds is 5. The third kappa shape index (κ3) is 3.12. The number of unbranched alkanes of at least 4 members (excludes halogenated alkanes) is 1. The van der Waals surface area contributed by atoms with Crippen molar-refractivity contribution in [3.63, 3.8) is 0 Å². The van der Waals surface area contributed by atoms with E-state index in [2.05, 4.69) is 32.9 Å². The molecule has 0 aromatic carbocycles.